The lowest BCUT2D eigenvalue weighted by Gasteiger charge is -2.17. The molecule has 0 aromatic heterocycles. The van der Waals surface area contributed by atoms with E-state index in [9.17, 15) is 19.2 Å². The molecule has 1 aliphatic heterocycles. The molecule has 2 bridgehead atoms. The molecule has 7 nitrogen and oxygen atoms in total. The van der Waals surface area contributed by atoms with Gasteiger partial charge < -0.3 is 10.1 Å². The van der Waals surface area contributed by atoms with Crippen LogP contribution in [-0.4, -0.2) is 30.3 Å². The first-order chi connectivity index (χ1) is 15.4. The quantitative estimate of drug-likeness (QED) is 0.447. The number of fused-ring (bicyclic) bond motifs is 5. The van der Waals surface area contributed by atoms with Crippen LogP contribution in [0, 0.1) is 30.6 Å². The Labute approximate surface area is 185 Å². The van der Waals surface area contributed by atoms with Gasteiger partial charge in [-0.3, -0.25) is 19.3 Å². The summed E-state index contributed by atoms with van der Waals surface area (Å²) in [6.07, 6.45) is 4.98. The number of hydrogen-bond acceptors (Lipinski definition) is 5. The van der Waals surface area contributed by atoms with Gasteiger partial charge in [0.05, 0.1) is 23.1 Å². The van der Waals surface area contributed by atoms with Gasteiger partial charge in [-0.15, -0.1) is 0 Å². The van der Waals surface area contributed by atoms with Gasteiger partial charge in [0.25, 0.3) is 5.91 Å². The van der Waals surface area contributed by atoms with Gasteiger partial charge in [-0.05, 0) is 61.1 Å². The summed E-state index contributed by atoms with van der Waals surface area (Å²) >= 11 is 0. The maximum atomic E-state index is 12.9. The Balaban J connectivity index is 1.21. The molecule has 2 aliphatic carbocycles. The summed E-state index contributed by atoms with van der Waals surface area (Å²) in [5, 5.41) is 2.70. The van der Waals surface area contributed by atoms with Crippen molar-refractivity contribution in [1.82, 2.24) is 0 Å². The summed E-state index contributed by atoms with van der Waals surface area (Å²) in [5.41, 5.74) is 2.24. The molecule has 3 amide bonds. The number of esters is 1. The molecule has 2 aromatic rings. The number of imide groups is 1. The largest absolute Gasteiger partial charge is 0.452 e. The van der Waals surface area contributed by atoms with Crippen molar-refractivity contribution in [1.29, 1.82) is 0 Å². The van der Waals surface area contributed by atoms with Crippen molar-refractivity contribution in [3.8, 4) is 0 Å². The maximum absolute atomic E-state index is 12.9. The molecule has 1 saturated carbocycles. The minimum absolute atomic E-state index is 0.145. The second-order valence-corrected chi connectivity index (χ2v) is 8.50. The van der Waals surface area contributed by atoms with E-state index in [0.717, 1.165) is 12.0 Å². The van der Waals surface area contributed by atoms with Crippen molar-refractivity contribution in [2.45, 2.75) is 13.3 Å². The molecule has 0 unspecified atom stereocenters. The number of amides is 3. The van der Waals surface area contributed by atoms with Gasteiger partial charge in [-0.25, -0.2) is 4.79 Å². The van der Waals surface area contributed by atoms with Gasteiger partial charge in [0.2, 0.25) is 11.8 Å². The fourth-order valence-electron chi connectivity index (χ4n) is 5.02. The third-order valence-electron chi connectivity index (χ3n) is 6.59. The van der Waals surface area contributed by atoms with E-state index in [1.165, 1.54) is 17.0 Å². The lowest BCUT2D eigenvalue weighted by atomic mass is 9.85. The number of ether oxygens (including phenoxy) is 1. The third-order valence-corrected chi connectivity index (χ3v) is 6.59. The molecular formula is C25H22N2O5. The van der Waals surface area contributed by atoms with Crippen LogP contribution in [0.2, 0.25) is 0 Å². The molecule has 32 heavy (non-hydrogen) atoms. The van der Waals surface area contributed by atoms with Crippen LogP contribution < -0.4 is 10.2 Å². The Morgan fingerprint density at radius 2 is 1.59 bits per heavy atom. The summed E-state index contributed by atoms with van der Waals surface area (Å²) in [4.78, 5) is 51.4. The van der Waals surface area contributed by atoms with Gasteiger partial charge in [0, 0.05) is 5.69 Å². The first-order valence-corrected chi connectivity index (χ1v) is 10.6. The number of nitrogens with one attached hydrogen (secondary N) is 1. The number of anilines is 2. The lowest BCUT2D eigenvalue weighted by Crippen LogP contribution is -2.32. The topological polar surface area (TPSA) is 92.8 Å². The van der Waals surface area contributed by atoms with E-state index in [0.29, 0.717) is 11.4 Å². The zero-order valence-electron chi connectivity index (χ0n) is 17.5. The molecule has 5 rings (SSSR count). The number of hydrogen-bond donors (Lipinski definition) is 1. The fourth-order valence-corrected chi connectivity index (χ4v) is 5.02. The Hall–Kier alpha value is -3.74. The van der Waals surface area contributed by atoms with E-state index in [4.69, 9.17) is 4.74 Å². The standard InChI is InChI=1S/C25H22N2O5/c1-14-4-2-3-5-19(14)26-20(28)13-32-25(31)15-8-10-18(11-9-15)27-23(29)21-16-6-7-17(12-16)22(21)24(27)30/h2-11,16-17,21-22H,12-13H2,1H3,(H,26,28)/t16-,17-,21-,22+/m0/s1. The summed E-state index contributed by atoms with van der Waals surface area (Å²) in [6.45, 7) is 1.45. The molecule has 1 saturated heterocycles. The first kappa shape index (κ1) is 20.2. The number of rotatable bonds is 5. The number of carbonyl (C=O) groups excluding carboxylic acids is 4. The first-order valence-electron chi connectivity index (χ1n) is 10.6. The second kappa shape index (κ2) is 7.75. The van der Waals surface area contributed by atoms with Crippen LogP contribution in [0.4, 0.5) is 11.4 Å². The Morgan fingerprint density at radius 1 is 0.969 bits per heavy atom. The molecule has 7 heteroatoms. The summed E-state index contributed by atoms with van der Waals surface area (Å²) in [6, 6.07) is 13.4. The summed E-state index contributed by atoms with van der Waals surface area (Å²) in [5.74, 6) is -1.68. The average molecular weight is 430 g/mol. The summed E-state index contributed by atoms with van der Waals surface area (Å²) < 4.78 is 5.10. The van der Waals surface area contributed by atoms with E-state index in [1.807, 2.05) is 19.1 Å². The predicted molar refractivity (Wildman–Crippen MR) is 117 cm³/mol. The van der Waals surface area contributed by atoms with Crippen LogP contribution in [0.1, 0.15) is 22.3 Å². The number of allylic oxidation sites excluding steroid dienone is 2. The minimum atomic E-state index is -0.658. The van der Waals surface area contributed by atoms with E-state index in [1.54, 1.807) is 24.3 Å². The molecule has 4 atom stereocenters. The monoisotopic (exact) mass is 430 g/mol. The highest BCUT2D eigenvalue weighted by atomic mass is 16.5. The van der Waals surface area contributed by atoms with Crippen LogP contribution in [0.5, 0.6) is 0 Å². The number of nitrogens with zero attached hydrogens (tertiary/aromatic N) is 1. The Bertz CT molecular complexity index is 1120. The highest BCUT2D eigenvalue weighted by molar-refractivity contribution is 6.22. The molecular weight excluding hydrogens is 408 g/mol. The van der Waals surface area contributed by atoms with E-state index >= 15 is 0 Å². The SMILES string of the molecule is Cc1ccccc1NC(=O)COC(=O)c1ccc(N2C(=O)[C@@H]3[C@H](C2=O)[C@H]2C=C[C@H]3C2)cc1. The van der Waals surface area contributed by atoms with E-state index in [2.05, 4.69) is 17.5 Å². The average Bonchev–Trinajstić information content (AvgIpc) is 3.47. The number of carbonyl (C=O) groups is 4. The third kappa shape index (κ3) is 3.30. The van der Waals surface area contributed by atoms with Crippen molar-refractivity contribution in [3.63, 3.8) is 0 Å². The zero-order valence-corrected chi connectivity index (χ0v) is 17.5. The van der Waals surface area contributed by atoms with Crippen molar-refractivity contribution in [2.24, 2.45) is 23.7 Å². The normalized spacial score (nSPS) is 25.2. The van der Waals surface area contributed by atoms with Gasteiger partial charge in [0.1, 0.15) is 0 Å². The molecule has 2 fully saturated rings. The van der Waals surface area contributed by atoms with Crippen LogP contribution in [0.15, 0.2) is 60.7 Å². The van der Waals surface area contributed by atoms with Gasteiger partial charge >= 0.3 is 5.97 Å². The Kier molecular flexibility index (Phi) is 4.89. The molecule has 0 radical (unpaired) electrons. The van der Waals surface area contributed by atoms with E-state index in [-0.39, 0.29) is 41.0 Å². The molecule has 1 N–H and O–H groups in total. The van der Waals surface area contributed by atoms with Crippen LogP contribution in [0.25, 0.3) is 0 Å². The zero-order chi connectivity index (χ0) is 22.4. The van der Waals surface area contributed by atoms with Crippen LogP contribution in [0.3, 0.4) is 0 Å². The van der Waals surface area contributed by atoms with Gasteiger partial charge in [0.15, 0.2) is 6.61 Å². The maximum Gasteiger partial charge on any atom is 0.338 e. The highest BCUT2D eigenvalue weighted by Gasteiger charge is 2.59. The van der Waals surface area contributed by atoms with Crippen LogP contribution in [-0.2, 0) is 19.1 Å². The van der Waals surface area contributed by atoms with Gasteiger partial charge in [-0.2, -0.15) is 0 Å². The molecule has 0 spiro atoms. The van der Waals surface area contributed by atoms with Crippen molar-refractivity contribution in [2.75, 3.05) is 16.8 Å². The number of para-hydroxylation sites is 1. The van der Waals surface area contributed by atoms with Crippen molar-refractivity contribution >= 4 is 35.1 Å². The van der Waals surface area contributed by atoms with Crippen molar-refractivity contribution in [3.05, 3.63) is 71.8 Å². The lowest BCUT2D eigenvalue weighted by molar-refractivity contribution is -0.123. The van der Waals surface area contributed by atoms with Crippen LogP contribution >= 0.6 is 0 Å². The molecule has 162 valence electrons. The molecule has 3 aliphatic rings. The summed E-state index contributed by atoms with van der Waals surface area (Å²) in [7, 11) is 0. The van der Waals surface area contributed by atoms with E-state index < -0.39 is 18.5 Å². The smallest absolute Gasteiger partial charge is 0.338 e. The molecule has 2 aromatic carbocycles. The second-order valence-electron chi connectivity index (χ2n) is 8.50. The fraction of sp³-hybridized carbons (Fsp3) is 0.280. The Morgan fingerprint density at radius 3 is 2.22 bits per heavy atom. The molecule has 1 heterocycles. The minimum Gasteiger partial charge on any atom is -0.452 e. The van der Waals surface area contributed by atoms with Gasteiger partial charge in [-0.1, -0.05) is 30.4 Å². The highest BCUT2D eigenvalue weighted by Crippen LogP contribution is 2.53. The number of benzene rings is 2. The predicted octanol–water partition coefficient (Wildman–Crippen LogP) is 3.10. The number of aryl methyl sites for hydroxylation is 1. The van der Waals surface area contributed by atoms with Crippen molar-refractivity contribution < 1.29 is 23.9 Å².